The van der Waals surface area contributed by atoms with Crippen LogP contribution in [0.3, 0.4) is 0 Å². The minimum absolute atomic E-state index is 0.0577. The van der Waals surface area contributed by atoms with Gasteiger partial charge in [0, 0.05) is 23.4 Å². The third-order valence-corrected chi connectivity index (χ3v) is 5.43. The SMILES string of the molecule is C=N/C(SCC(C)(C)C)=C(\C=C/C)/C=C/C(=O)NC1CCCC(O)C1. The molecule has 0 aromatic heterocycles. The van der Waals surface area contributed by atoms with Crippen molar-refractivity contribution >= 4 is 24.4 Å². The van der Waals surface area contributed by atoms with E-state index in [1.807, 2.05) is 19.1 Å². The lowest BCUT2D eigenvalue weighted by molar-refractivity contribution is -0.117. The molecule has 0 spiro atoms. The van der Waals surface area contributed by atoms with Gasteiger partial charge in [0.1, 0.15) is 5.03 Å². The first kappa shape index (κ1) is 21.7. The first-order valence-corrected chi connectivity index (χ1v) is 9.87. The predicted octanol–water partition coefficient (Wildman–Crippen LogP) is 4.23. The Morgan fingerprint density at radius 3 is 2.60 bits per heavy atom. The Morgan fingerprint density at radius 2 is 2.04 bits per heavy atom. The summed E-state index contributed by atoms with van der Waals surface area (Å²) in [5.41, 5.74) is 1.07. The van der Waals surface area contributed by atoms with Crippen LogP contribution in [0.4, 0.5) is 0 Å². The lowest BCUT2D eigenvalue weighted by Gasteiger charge is -2.26. The van der Waals surface area contributed by atoms with Gasteiger partial charge in [-0.2, -0.15) is 0 Å². The van der Waals surface area contributed by atoms with Crippen molar-refractivity contribution in [3.8, 4) is 0 Å². The quantitative estimate of drug-likeness (QED) is 0.404. The Kier molecular flexibility index (Phi) is 9.22. The molecule has 0 heterocycles. The number of hydrogen-bond donors (Lipinski definition) is 2. The molecular formula is C20H32N2O2S. The number of amides is 1. The van der Waals surface area contributed by atoms with E-state index in [1.165, 1.54) is 0 Å². The van der Waals surface area contributed by atoms with Gasteiger partial charge in [-0.25, -0.2) is 0 Å². The van der Waals surface area contributed by atoms with Crippen LogP contribution in [0, 0.1) is 5.41 Å². The van der Waals surface area contributed by atoms with Crippen molar-refractivity contribution in [3.63, 3.8) is 0 Å². The molecule has 1 aliphatic carbocycles. The van der Waals surface area contributed by atoms with Gasteiger partial charge in [0.05, 0.1) is 6.10 Å². The second kappa shape index (κ2) is 10.6. The summed E-state index contributed by atoms with van der Waals surface area (Å²) < 4.78 is 0. The van der Waals surface area contributed by atoms with Gasteiger partial charge in [-0.3, -0.25) is 9.79 Å². The van der Waals surface area contributed by atoms with Crippen LogP contribution < -0.4 is 5.32 Å². The van der Waals surface area contributed by atoms with E-state index in [9.17, 15) is 9.90 Å². The van der Waals surface area contributed by atoms with Crippen LogP contribution >= 0.6 is 11.8 Å². The number of aliphatic imine (C=N–C) groups is 1. The standard InChI is InChI=1S/C20H32N2O2S/c1-6-8-15(19(21-5)25-14-20(2,3)4)11-12-18(24)22-16-9-7-10-17(23)13-16/h6,8,11-12,16-17,23H,5,7,9-10,13-14H2,1-4H3,(H,22,24)/b8-6-,12-11+,19-15-. The lowest BCUT2D eigenvalue weighted by Crippen LogP contribution is -2.38. The summed E-state index contributed by atoms with van der Waals surface area (Å²) in [7, 11) is 0. The zero-order valence-corrected chi connectivity index (χ0v) is 16.7. The summed E-state index contributed by atoms with van der Waals surface area (Å²) in [5, 5.41) is 13.5. The van der Waals surface area contributed by atoms with Gasteiger partial charge in [-0.05, 0) is 50.8 Å². The number of rotatable bonds is 7. The van der Waals surface area contributed by atoms with E-state index < -0.39 is 0 Å². The molecule has 0 saturated heterocycles. The van der Waals surface area contributed by atoms with Gasteiger partial charge in [-0.15, -0.1) is 11.8 Å². The van der Waals surface area contributed by atoms with Crippen molar-refractivity contribution in [2.75, 3.05) is 5.75 Å². The molecule has 2 N–H and O–H groups in total. The predicted molar refractivity (Wildman–Crippen MR) is 109 cm³/mol. The maximum absolute atomic E-state index is 12.2. The smallest absolute Gasteiger partial charge is 0.244 e. The number of hydrogen-bond acceptors (Lipinski definition) is 4. The molecular weight excluding hydrogens is 332 g/mol. The molecule has 1 fully saturated rings. The van der Waals surface area contributed by atoms with Crippen LogP contribution in [-0.4, -0.2) is 35.6 Å². The molecule has 0 radical (unpaired) electrons. The minimum Gasteiger partial charge on any atom is -0.393 e. The molecule has 0 bridgehead atoms. The number of nitrogens with zero attached hydrogens (tertiary/aromatic N) is 1. The molecule has 25 heavy (non-hydrogen) atoms. The molecule has 0 aromatic carbocycles. The number of aliphatic hydroxyl groups is 1. The Balaban J connectivity index is 2.76. The van der Waals surface area contributed by atoms with Gasteiger partial charge < -0.3 is 10.4 Å². The zero-order valence-electron chi connectivity index (χ0n) is 15.9. The van der Waals surface area contributed by atoms with Gasteiger partial charge in [-0.1, -0.05) is 32.9 Å². The van der Waals surface area contributed by atoms with Crippen LogP contribution in [0.15, 0.2) is 39.9 Å². The lowest BCUT2D eigenvalue weighted by atomic mass is 9.93. The summed E-state index contributed by atoms with van der Waals surface area (Å²) in [6.07, 6.45) is 10.2. The van der Waals surface area contributed by atoms with Crippen molar-refractivity contribution in [1.82, 2.24) is 5.32 Å². The highest BCUT2D eigenvalue weighted by atomic mass is 32.2. The average molecular weight is 365 g/mol. The number of carbonyl (C=O) groups is 1. The molecule has 1 amide bonds. The van der Waals surface area contributed by atoms with Crippen LogP contribution in [0.25, 0.3) is 0 Å². The molecule has 140 valence electrons. The summed E-state index contributed by atoms with van der Waals surface area (Å²) in [5.74, 6) is 0.785. The van der Waals surface area contributed by atoms with Crippen LogP contribution in [-0.2, 0) is 4.79 Å². The van der Waals surface area contributed by atoms with Gasteiger partial charge >= 0.3 is 0 Å². The van der Waals surface area contributed by atoms with E-state index >= 15 is 0 Å². The Morgan fingerprint density at radius 1 is 1.32 bits per heavy atom. The molecule has 0 aliphatic heterocycles. The van der Waals surface area contributed by atoms with E-state index in [-0.39, 0.29) is 23.5 Å². The van der Waals surface area contributed by atoms with Crippen molar-refractivity contribution in [3.05, 3.63) is 34.9 Å². The molecule has 0 aromatic rings. The molecule has 5 heteroatoms. The van der Waals surface area contributed by atoms with Crippen LogP contribution in [0.2, 0.25) is 0 Å². The number of aliphatic hydroxyl groups excluding tert-OH is 1. The maximum atomic E-state index is 12.2. The number of thioether (sulfide) groups is 1. The monoisotopic (exact) mass is 364 g/mol. The Labute approximate surface area is 156 Å². The van der Waals surface area contributed by atoms with Crippen molar-refractivity contribution < 1.29 is 9.90 Å². The Bertz CT molecular complexity index is 544. The normalized spacial score (nSPS) is 22.9. The van der Waals surface area contributed by atoms with Crippen LogP contribution in [0.1, 0.15) is 53.4 Å². The summed E-state index contributed by atoms with van der Waals surface area (Å²) in [6.45, 7) is 12.1. The largest absolute Gasteiger partial charge is 0.393 e. The average Bonchev–Trinajstić information content (AvgIpc) is 2.52. The highest BCUT2D eigenvalue weighted by molar-refractivity contribution is 8.03. The molecule has 2 unspecified atom stereocenters. The molecule has 2 atom stereocenters. The topological polar surface area (TPSA) is 61.7 Å². The first-order chi connectivity index (χ1) is 11.7. The maximum Gasteiger partial charge on any atom is 0.244 e. The zero-order chi connectivity index (χ0) is 18.9. The highest BCUT2D eigenvalue weighted by Gasteiger charge is 2.20. The van der Waals surface area contributed by atoms with Crippen molar-refractivity contribution in [2.24, 2.45) is 10.4 Å². The number of nitrogens with one attached hydrogen (secondary N) is 1. The van der Waals surface area contributed by atoms with Gasteiger partial charge in [0.25, 0.3) is 0 Å². The molecule has 4 nitrogen and oxygen atoms in total. The second-order valence-electron chi connectivity index (χ2n) is 7.63. The van der Waals surface area contributed by atoms with Crippen molar-refractivity contribution in [2.45, 2.75) is 65.5 Å². The van der Waals surface area contributed by atoms with Gasteiger partial charge in [0.2, 0.25) is 5.91 Å². The fourth-order valence-electron chi connectivity index (χ4n) is 2.59. The second-order valence-corrected chi connectivity index (χ2v) is 8.59. The Hall–Kier alpha value is -1.33. The van der Waals surface area contributed by atoms with E-state index in [2.05, 4.69) is 37.8 Å². The fraction of sp³-hybridized carbons (Fsp3) is 0.600. The van der Waals surface area contributed by atoms with Gasteiger partial charge in [0.15, 0.2) is 0 Å². The first-order valence-electron chi connectivity index (χ1n) is 8.88. The van der Waals surface area contributed by atoms with E-state index in [1.54, 1.807) is 23.9 Å². The number of carbonyl (C=O) groups excluding carboxylic acids is 1. The molecule has 1 aliphatic rings. The fourth-order valence-corrected chi connectivity index (χ4v) is 3.56. The third kappa shape index (κ3) is 9.07. The minimum atomic E-state index is -0.299. The summed E-state index contributed by atoms with van der Waals surface area (Å²) in [4.78, 5) is 16.3. The third-order valence-electron chi connectivity index (χ3n) is 3.79. The summed E-state index contributed by atoms with van der Waals surface area (Å²) >= 11 is 1.65. The van der Waals surface area contributed by atoms with Crippen LogP contribution in [0.5, 0.6) is 0 Å². The van der Waals surface area contributed by atoms with E-state index in [0.29, 0.717) is 6.42 Å². The van der Waals surface area contributed by atoms with E-state index in [4.69, 9.17) is 0 Å². The van der Waals surface area contributed by atoms with Crippen molar-refractivity contribution in [1.29, 1.82) is 0 Å². The number of allylic oxidation sites excluding steroid dienone is 4. The van der Waals surface area contributed by atoms with E-state index in [0.717, 1.165) is 35.6 Å². The highest BCUT2D eigenvalue weighted by Crippen LogP contribution is 2.29. The molecule has 1 rings (SSSR count). The summed E-state index contributed by atoms with van der Waals surface area (Å²) in [6, 6.07) is 0.0577. The molecule has 1 saturated carbocycles.